The molecule has 0 saturated carbocycles. The third-order valence-electron chi connectivity index (χ3n) is 7.28. The van der Waals surface area contributed by atoms with Crippen LogP contribution in [0.2, 0.25) is 0 Å². The summed E-state index contributed by atoms with van der Waals surface area (Å²) < 4.78 is 65.9. The summed E-state index contributed by atoms with van der Waals surface area (Å²) in [7, 11) is 0. The number of halogens is 1. The molecule has 7 N–H and O–H groups in total. The fourth-order valence-corrected chi connectivity index (χ4v) is 8.16. The Hall–Kier alpha value is -2.66. The van der Waals surface area contributed by atoms with Crippen LogP contribution >= 0.6 is 25.8 Å². The van der Waals surface area contributed by atoms with Crippen molar-refractivity contribution in [3.63, 3.8) is 0 Å². The van der Waals surface area contributed by atoms with Gasteiger partial charge < -0.3 is 35.5 Å². The summed E-state index contributed by atoms with van der Waals surface area (Å²) in [5.41, 5.74) is 11.1. The average Bonchev–Trinajstić information content (AvgIpc) is 3.72. The van der Waals surface area contributed by atoms with Gasteiger partial charge in [0.05, 0.1) is 25.9 Å². The molecule has 45 heavy (non-hydrogen) atoms. The fraction of sp³-hybridized carbons (Fsp3) is 0.500. The van der Waals surface area contributed by atoms with E-state index in [0.29, 0.717) is 0 Å². The molecular formula is C20H23FN10O10P2S2. The van der Waals surface area contributed by atoms with Crippen LogP contribution in [0.5, 0.6) is 0 Å². The van der Waals surface area contributed by atoms with Gasteiger partial charge in [-0.3, -0.25) is 32.5 Å². The Bertz CT molecular complexity index is 1950. The number of anilines is 2. The van der Waals surface area contributed by atoms with Crippen LogP contribution in [0.3, 0.4) is 0 Å². The van der Waals surface area contributed by atoms with Crippen LogP contribution in [0, 0.1) is 0 Å². The lowest BCUT2D eigenvalue weighted by molar-refractivity contribution is -0.0584. The first-order chi connectivity index (χ1) is 21.3. The van der Waals surface area contributed by atoms with Crippen molar-refractivity contribution in [1.29, 1.82) is 0 Å². The summed E-state index contributed by atoms with van der Waals surface area (Å²) in [5, 5.41) is 11.1. The number of aliphatic hydroxyl groups is 1. The molecule has 0 aromatic carbocycles. The van der Waals surface area contributed by atoms with Crippen molar-refractivity contribution in [2.24, 2.45) is 0 Å². The van der Waals surface area contributed by atoms with Crippen molar-refractivity contribution in [2.75, 3.05) is 24.7 Å². The third-order valence-corrected chi connectivity index (χ3v) is 10.5. The molecule has 0 aliphatic carbocycles. The van der Waals surface area contributed by atoms with Crippen LogP contribution in [-0.2, 0) is 43.9 Å². The molecule has 3 fully saturated rings. The monoisotopic (exact) mass is 708 g/mol. The van der Waals surface area contributed by atoms with Crippen molar-refractivity contribution in [2.45, 2.75) is 49.1 Å². The summed E-state index contributed by atoms with van der Waals surface area (Å²) in [4.78, 5) is 45.7. The third kappa shape index (κ3) is 5.55. The highest BCUT2D eigenvalue weighted by Crippen LogP contribution is 2.58. The average molecular weight is 709 g/mol. The predicted molar refractivity (Wildman–Crippen MR) is 156 cm³/mol. The van der Waals surface area contributed by atoms with Crippen LogP contribution in [0.1, 0.15) is 12.5 Å². The number of rotatable bonds is 2. The first-order valence-electron chi connectivity index (χ1n) is 12.9. The van der Waals surface area contributed by atoms with Gasteiger partial charge in [-0.1, -0.05) is 12.2 Å². The van der Waals surface area contributed by atoms with Gasteiger partial charge in [0, 0.05) is 0 Å². The van der Waals surface area contributed by atoms with Gasteiger partial charge in [0.1, 0.15) is 42.4 Å². The number of nitrogens with one attached hydrogen (secondary N) is 1. The number of hydrogen-bond donors (Lipinski definition) is 6. The van der Waals surface area contributed by atoms with Gasteiger partial charge >= 0.3 is 13.5 Å². The van der Waals surface area contributed by atoms with Gasteiger partial charge in [-0.05, 0) is 11.8 Å². The second kappa shape index (κ2) is 11.2. The van der Waals surface area contributed by atoms with Gasteiger partial charge in [-0.2, -0.15) is 4.98 Å². The molecule has 4 unspecified atom stereocenters. The molecule has 7 rings (SSSR count). The van der Waals surface area contributed by atoms with Crippen LogP contribution in [0.4, 0.5) is 16.2 Å². The molecule has 10 atom stereocenters. The van der Waals surface area contributed by atoms with Crippen LogP contribution in [0.25, 0.3) is 22.3 Å². The van der Waals surface area contributed by atoms with E-state index >= 15 is 4.39 Å². The number of hydrogen-bond acceptors (Lipinski definition) is 17. The number of alkyl halides is 1. The number of fused-ring (bicyclic) bond motifs is 5. The number of ether oxygens (including phenoxy) is 2. The normalized spacial score (nSPS) is 37.7. The molecule has 3 aliphatic heterocycles. The Morgan fingerprint density at radius 3 is 2.47 bits per heavy atom. The minimum atomic E-state index is -4.41. The molecule has 0 amide bonds. The Balaban J connectivity index is 1.21. The van der Waals surface area contributed by atoms with Crippen LogP contribution < -0.4 is 17.0 Å². The zero-order chi connectivity index (χ0) is 31.8. The first kappa shape index (κ1) is 31.0. The van der Waals surface area contributed by atoms with E-state index in [1.54, 1.807) is 0 Å². The summed E-state index contributed by atoms with van der Waals surface area (Å²) in [6.45, 7) is -9.92. The van der Waals surface area contributed by atoms with Crippen LogP contribution in [-0.4, -0.2) is 98.9 Å². The second-order valence-electron chi connectivity index (χ2n) is 10.1. The topological polar surface area (TPSA) is 272 Å². The lowest BCUT2D eigenvalue weighted by Gasteiger charge is -2.27. The first-order valence-corrected chi connectivity index (χ1v) is 18.2. The van der Waals surface area contributed by atoms with E-state index in [9.17, 15) is 19.4 Å². The molecule has 20 nitrogen and oxygen atoms in total. The maximum Gasteiger partial charge on any atom is 0.386 e. The molecule has 242 valence electrons. The number of aliphatic hydroxyl groups excluding tert-OH is 1. The molecule has 7 heterocycles. The van der Waals surface area contributed by atoms with Crippen molar-refractivity contribution in [1.82, 2.24) is 39.0 Å². The number of nitrogens with zero attached hydrogens (tertiary/aromatic N) is 7. The number of nitrogen functional groups attached to an aromatic ring is 2. The Morgan fingerprint density at radius 2 is 1.69 bits per heavy atom. The van der Waals surface area contributed by atoms with Crippen molar-refractivity contribution in [3.05, 3.63) is 29.3 Å². The number of aromatic nitrogens is 8. The van der Waals surface area contributed by atoms with E-state index in [2.05, 4.69) is 42.2 Å². The minimum absolute atomic E-state index is 0.0449. The lowest BCUT2D eigenvalue weighted by atomic mass is 10.1. The zero-order valence-electron chi connectivity index (χ0n) is 22.3. The van der Waals surface area contributed by atoms with Crippen molar-refractivity contribution in [3.8, 4) is 0 Å². The molecule has 0 spiro atoms. The Morgan fingerprint density at radius 1 is 1.00 bits per heavy atom. The highest BCUT2D eigenvalue weighted by atomic mass is 32.7. The molecule has 0 radical (unpaired) electrons. The van der Waals surface area contributed by atoms with E-state index < -0.39 is 81.4 Å². The molecule has 2 bridgehead atoms. The van der Waals surface area contributed by atoms with E-state index in [0.717, 1.165) is 6.33 Å². The number of aromatic amines is 1. The lowest BCUT2D eigenvalue weighted by Crippen LogP contribution is -2.35. The summed E-state index contributed by atoms with van der Waals surface area (Å²) in [6, 6.07) is 0. The summed E-state index contributed by atoms with van der Waals surface area (Å²) >= 11 is 9.20. The van der Waals surface area contributed by atoms with Gasteiger partial charge in [-0.15, -0.1) is 0 Å². The quantitative estimate of drug-likeness (QED) is 0.115. The van der Waals surface area contributed by atoms with Crippen molar-refractivity contribution < 1.29 is 46.5 Å². The standard InChI is InChI=1S/C20H23FN10O10P2S2/c21-8-12-7(39-18(8)30-4-26-9-14(22)24-3-25-15(9)30)2-37-43(35,45)41-13-11(32)6(1-36-42(34,44)40-12)38-19(13)31-5-27-10-16(31)28-20(23)29-17(10)33/h3-8,11-13,18-19,32H,1-2H2,(H,34,44)(H,35,45)(H2,22,24,25)(H3,23,28,29,33)/t6-,7-,8+,11?,12?,13+,18-,19-,42?,43?/m1/s1. The molecule has 4 aromatic heterocycles. The fourth-order valence-electron chi connectivity index (χ4n) is 5.26. The number of nitrogens with two attached hydrogens (primary N) is 2. The molecule has 3 saturated heterocycles. The highest BCUT2D eigenvalue weighted by molar-refractivity contribution is 8.44. The van der Waals surface area contributed by atoms with Gasteiger partial charge in [0.2, 0.25) is 5.95 Å². The minimum Gasteiger partial charge on any atom is -0.387 e. The maximum atomic E-state index is 16.0. The molecule has 3 aliphatic rings. The maximum absolute atomic E-state index is 16.0. The second-order valence-corrected chi connectivity index (χ2v) is 15.8. The predicted octanol–water partition coefficient (Wildman–Crippen LogP) is -0.310. The Kier molecular flexibility index (Phi) is 7.74. The zero-order valence-corrected chi connectivity index (χ0v) is 25.8. The summed E-state index contributed by atoms with van der Waals surface area (Å²) in [5.74, 6) is -0.183. The van der Waals surface area contributed by atoms with Crippen LogP contribution in [0.15, 0.2) is 23.8 Å². The molecule has 25 heteroatoms. The van der Waals surface area contributed by atoms with E-state index in [4.69, 9.17) is 50.8 Å². The number of thiol groups is 1. The van der Waals surface area contributed by atoms with Gasteiger partial charge in [-0.25, -0.2) is 28.9 Å². The van der Waals surface area contributed by atoms with E-state index in [-0.39, 0.29) is 34.1 Å². The van der Waals surface area contributed by atoms with Crippen molar-refractivity contribution >= 4 is 71.7 Å². The highest BCUT2D eigenvalue weighted by Gasteiger charge is 2.53. The van der Waals surface area contributed by atoms with Gasteiger partial charge in [0.15, 0.2) is 41.3 Å². The number of imidazole rings is 2. The molecular weight excluding hydrogens is 685 g/mol. The SMILES string of the molecule is Nc1nc2c(ncn2[C@@H]2O[C@@H]3COP(O)(=S)OC4[C@@H](COP(=O)(S)O[C@H]2C3O)O[C@@H](n2cnc3c(N)ncnc32)[C@H]4F)c(=O)[nH]1. The molecule has 4 aromatic rings. The van der Waals surface area contributed by atoms with Gasteiger partial charge in [0.25, 0.3) is 5.56 Å². The largest absolute Gasteiger partial charge is 0.387 e. The van der Waals surface area contributed by atoms with E-state index in [1.165, 1.54) is 21.8 Å². The van der Waals surface area contributed by atoms with E-state index in [1.807, 2.05) is 0 Å². The summed E-state index contributed by atoms with van der Waals surface area (Å²) in [6.07, 6.45) is -8.57. The number of H-pyrrole nitrogens is 1. The smallest absolute Gasteiger partial charge is 0.386 e. The Labute approximate surface area is 260 Å².